The van der Waals surface area contributed by atoms with Crippen molar-refractivity contribution in [3.8, 4) is 21.7 Å². The fourth-order valence-electron chi connectivity index (χ4n) is 8.88. The second kappa shape index (κ2) is 23.4. The minimum atomic E-state index is -0.955. The number of nitrogens with zero attached hydrogens (tertiary/aromatic N) is 4. The third-order valence-corrected chi connectivity index (χ3v) is 15.3. The van der Waals surface area contributed by atoms with Crippen molar-refractivity contribution in [1.29, 1.82) is 0 Å². The molecule has 378 valence electrons. The number of fused-ring (bicyclic) bond motifs is 1. The first-order valence-corrected chi connectivity index (χ1v) is 26.2. The van der Waals surface area contributed by atoms with Crippen LogP contribution in [0.2, 0.25) is 0 Å². The topological polar surface area (TPSA) is 223 Å². The van der Waals surface area contributed by atoms with Crippen molar-refractivity contribution in [2.45, 2.75) is 89.3 Å². The Morgan fingerprint density at radius 1 is 0.863 bits per heavy atom. The molecule has 16 nitrogen and oxygen atoms in total. The van der Waals surface area contributed by atoms with E-state index in [1.807, 2.05) is 112 Å². The van der Waals surface area contributed by atoms with Gasteiger partial charge in [-0.25, -0.2) is 15.0 Å². The van der Waals surface area contributed by atoms with E-state index in [1.165, 1.54) is 18.2 Å². The van der Waals surface area contributed by atoms with E-state index in [4.69, 9.17) is 0 Å². The van der Waals surface area contributed by atoms with Gasteiger partial charge in [-0.05, 0) is 106 Å². The normalized spacial score (nSPS) is 15.3. The molecule has 1 aliphatic rings. The maximum Gasteiger partial charge on any atom is 0.255 e. The first kappa shape index (κ1) is 51.9. The molecule has 4 aromatic carbocycles. The fraction of sp³-hybridized carbons (Fsp3) is 0.309. The van der Waals surface area contributed by atoms with Crippen molar-refractivity contribution in [3.63, 3.8) is 0 Å². The molecule has 5 amide bonds. The average molecular weight is 1020 g/mol. The Morgan fingerprint density at radius 2 is 1.60 bits per heavy atom. The molecule has 0 saturated carbocycles. The van der Waals surface area contributed by atoms with Gasteiger partial charge < -0.3 is 41.6 Å². The highest BCUT2D eigenvalue weighted by Crippen LogP contribution is 2.34. The number of aliphatic hydroxyl groups is 1. The van der Waals surface area contributed by atoms with Crippen molar-refractivity contribution in [1.82, 2.24) is 40.8 Å². The van der Waals surface area contributed by atoms with Crippen molar-refractivity contribution in [2.24, 2.45) is 0 Å². The third-order valence-electron chi connectivity index (χ3n) is 12.8. The standard InChI is InChI=1S/C55H60N10O6S2/c1-33(36-16-18-37(19-17-36)49-34(2)60-32-72-49)61-53(70)47-27-42(67)30-65(47)54(71)50(62-35(3)66)55(4,5)73-25-10-6-9-24-56-51(68)38-20-22-39(23-21-38)52(69)64-41-13-11-12-40(26-41)63-48-28-46(58-31-59-48)44-29-57-45-15-8-7-14-43(44)45/h7-8,11-23,26,28-29,31-33,42,47,50,57,67H,6,9-10,24-25,27,30H2,1-5H3,(H,56,68)(H,61,70)(H,62,66)(H,64,69)(H,58,59,63)/t33-,42+,47-,50+/m0/s1. The van der Waals surface area contributed by atoms with E-state index in [0.29, 0.717) is 41.4 Å². The van der Waals surface area contributed by atoms with Gasteiger partial charge >= 0.3 is 0 Å². The predicted octanol–water partition coefficient (Wildman–Crippen LogP) is 8.81. The number of nitrogens with one attached hydrogen (secondary N) is 6. The number of rotatable bonds is 20. The number of aryl methyl sites for hydroxylation is 1. The van der Waals surface area contributed by atoms with Gasteiger partial charge in [0.2, 0.25) is 17.7 Å². The SMILES string of the molecule is CC(=O)N[C@H](C(=O)N1C[C@H](O)C[C@H]1C(=O)N[C@@H](C)c1ccc(-c2scnc2C)cc1)C(C)(C)SCCCCCNC(=O)c1ccc(C(=O)Nc2cccc(Nc3cc(-c4c[nH]c5ccccc45)ncn3)c2)cc1. The van der Waals surface area contributed by atoms with Crippen molar-refractivity contribution < 1.29 is 29.1 Å². The van der Waals surface area contributed by atoms with Crippen LogP contribution in [-0.2, 0) is 14.4 Å². The molecule has 1 saturated heterocycles. The Morgan fingerprint density at radius 3 is 2.34 bits per heavy atom. The van der Waals surface area contributed by atoms with Crippen LogP contribution < -0.4 is 26.6 Å². The van der Waals surface area contributed by atoms with Gasteiger partial charge in [-0.1, -0.05) is 55.0 Å². The Bertz CT molecular complexity index is 3080. The van der Waals surface area contributed by atoms with Crippen molar-refractivity contribution >= 4 is 80.7 Å². The zero-order valence-corrected chi connectivity index (χ0v) is 43.0. The van der Waals surface area contributed by atoms with Crippen LogP contribution in [0.3, 0.4) is 0 Å². The molecule has 4 atom stereocenters. The number of aromatic amines is 1. The molecule has 7 aromatic rings. The monoisotopic (exact) mass is 1020 g/mol. The van der Waals surface area contributed by atoms with Gasteiger partial charge in [0.1, 0.15) is 24.2 Å². The van der Waals surface area contributed by atoms with Crippen molar-refractivity contribution in [3.05, 3.63) is 144 Å². The second-order valence-corrected chi connectivity index (χ2v) is 21.3. The smallest absolute Gasteiger partial charge is 0.255 e. The number of benzene rings is 4. The zero-order valence-electron chi connectivity index (χ0n) is 41.4. The van der Waals surface area contributed by atoms with Crippen LogP contribution in [0.5, 0.6) is 0 Å². The van der Waals surface area contributed by atoms with Crippen LogP contribution in [-0.4, -0.2) is 101 Å². The number of unbranched alkanes of at least 4 members (excludes halogenated alkanes) is 2. The maximum atomic E-state index is 14.3. The number of aliphatic hydroxyl groups excluding tert-OH is 1. The molecule has 7 N–H and O–H groups in total. The number of thiazole rings is 1. The van der Waals surface area contributed by atoms with Gasteiger partial charge in [-0.3, -0.25) is 24.0 Å². The molecular formula is C55H60N10O6S2. The number of thioether (sulfide) groups is 1. The second-order valence-electron chi connectivity index (χ2n) is 18.7. The van der Waals surface area contributed by atoms with E-state index in [9.17, 15) is 29.1 Å². The molecular weight excluding hydrogens is 961 g/mol. The Labute approximate surface area is 432 Å². The van der Waals surface area contributed by atoms with Crippen LogP contribution in [0.1, 0.15) is 91.4 Å². The lowest BCUT2D eigenvalue weighted by Crippen LogP contribution is -2.59. The number of carbonyl (C=O) groups is 5. The minimum Gasteiger partial charge on any atom is -0.391 e. The summed E-state index contributed by atoms with van der Waals surface area (Å²) in [5.41, 5.74) is 9.59. The van der Waals surface area contributed by atoms with E-state index in [-0.39, 0.29) is 42.6 Å². The molecule has 18 heteroatoms. The van der Waals surface area contributed by atoms with Gasteiger partial charge in [0, 0.05) is 82.4 Å². The van der Waals surface area contributed by atoms with Crippen LogP contribution in [0.4, 0.5) is 17.2 Å². The van der Waals surface area contributed by atoms with Gasteiger partial charge in [0.05, 0.1) is 33.9 Å². The molecule has 8 rings (SSSR count). The first-order valence-electron chi connectivity index (χ1n) is 24.3. The average Bonchev–Trinajstić information content (AvgIpc) is 4.13. The number of H-pyrrole nitrogens is 1. The summed E-state index contributed by atoms with van der Waals surface area (Å²) in [7, 11) is 0. The summed E-state index contributed by atoms with van der Waals surface area (Å²) in [5.74, 6) is -0.471. The largest absolute Gasteiger partial charge is 0.391 e. The van der Waals surface area contributed by atoms with Crippen LogP contribution >= 0.6 is 23.1 Å². The Kier molecular flexibility index (Phi) is 16.7. The molecule has 0 bridgehead atoms. The maximum absolute atomic E-state index is 14.3. The van der Waals surface area contributed by atoms with Crippen LogP contribution in [0.25, 0.3) is 32.6 Å². The van der Waals surface area contributed by atoms with E-state index >= 15 is 0 Å². The molecule has 3 aromatic heterocycles. The third kappa shape index (κ3) is 13.0. The number of likely N-dealkylation sites (tertiary alicyclic amines) is 1. The molecule has 4 heterocycles. The summed E-state index contributed by atoms with van der Waals surface area (Å²) in [4.78, 5) is 85.7. The summed E-state index contributed by atoms with van der Waals surface area (Å²) in [6.45, 7) is 9.42. The Balaban J connectivity index is 0.764. The quantitative estimate of drug-likeness (QED) is 0.0357. The zero-order chi connectivity index (χ0) is 51.6. The van der Waals surface area contributed by atoms with Crippen LogP contribution in [0, 0.1) is 6.92 Å². The van der Waals surface area contributed by atoms with Gasteiger partial charge in [-0.2, -0.15) is 11.8 Å². The molecule has 0 radical (unpaired) electrons. The number of aromatic nitrogens is 4. The Hall–Kier alpha value is -7.41. The number of β-amino-alcohol motifs (C(OH)–C–C–N with tert-alkyl or cyclic N) is 1. The highest BCUT2D eigenvalue weighted by atomic mass is 32.2. The summed E-state index contributed by atoms with van der Waals surface area (Å²) in [5, 5.41) is 26.8. The summed E-state index contributed by atoms with van der Waals surface area (Å²) in [6.07, 6.45) is 4.95. The number of hydrogen-bond acceptors (Lipinski definition) is 12. The fourth-order valence-corrected chi connectivity index (χ4v) is 10.9. The predicted molar refractivity (Wildman–Crippen MR) is 289 cm³/mol. The lowest BCUT2D eigenvalue weighted by atomic mass is 10.0. The highest BCUT2D eigenvalue weighted by molar-refractivity contribution is 8.00. The van der Waals surface area contributed by atoms with Crippen LogP contribution in [0.15, 0.2) is 121 Å². The lowest BCUT2D eigenvalue weighted by Gasteiger charge is -2.37. The summed E-state index contributed by atoms with van der Waals surface area (Å²) < 4.78 is -0.760. The number of anilines is 3. The van der Waals surface area contributed by atoms with E-state index < -0.39 is 28.8 Å². The number of para-hydroxylation sites is 1. The molecule has 1 aliphatic heterocycles. The highest BCUT2D eigenvalue weighted by Gasteiger charge is 2.46. The van der Waals surface area contributed by atoms with Gasteiger partial charge in [0.25, 0.3) is 11.8 Å². The molecule has 0 spiro atoms. The van der Waals surface area contributed by atoms with E-state index in [0.717, 1.165) is 62.4 Å². The first-order chi connectivity index (χ1) is 35.1. The van der Waals surface area contributed by atoms with E-state index in [1.54, 1.807) is 53.4 Å². The molecule has 0 aliphatic carbocycles. The lowest BCUT2D eigenvalue weighted by molar-refractivity contribution is -0.142. The number of carbonyl (C=O) groups excluding carboxylic acids is 5. The van der Waals surface area contributed by atoms with Gasteiger partial charge in [-0.15, -0.1) is 11.3 Å². The number of amides is 5. The summed E-state index contributed by atoms with van der Waals surface area (Å²) in [6, 6.07) is 29.4. The molecule has 1 fully saturated rings. The van der Waals surface area contributed by atoms with Gasteiger partial charge in [0.15, 0.2) is 0 Å². The summed E-state index contributed by atoms with van der Waals surface area (Å²) >= 11 is 3.11. The number of hydrogen-bond donors (Lipinski definition) is 7. The van der Waals surface area contributed by atoms with E-state index in [2.05, 4.69) is 46.5 Å². The van der Waals surface area contributed by atoms with Crippen molar-refractivity contribution in [2.75, 3.05) is 29.5 Å². The minimum absolute atomic E-state index is 0.0219. The molecule has 0 unspecified atom stereocenters. The molecule has 73 heavy (non-hydrogen) atoms.